The summed E-state index contributed by atoms with van der Waals surface area (Å²) >= 11 is 4.68. The van der Waals surface area contributed by atoms with Crippen LogP contribution in [0.1, 0.15) is 30.7 Å². The van der Waals surface area contributed by atoms with Crippen LogP contribution in [0, 0.1) is 6.92 Å². The molecule has 0 radical (unpaired) electrons. The number of hydrazone groups is 1. The highest BCUT2D eigenvalue weighted by Crippen LogP contribution is 2.32. The minimum Gasteiger partial charge on any atom is -0.418 e. The Morgan fingerprint density at radius 3 is 2.59 bits per heavy atom. The predicted octanol–water partition coefficient (Wildman–Crippen LogP) is 1.97. The number of nitrogens with one attached hydrogen (secondary N) is 1. The number of aryl methyl sites for hydroxylation is 1. The molecule has 0 atom stereocenters. The fourth-order valence-electron chi connectivity index (χ4n) is 2.82. The summed E-state index contributed by atoms with van der Waals surface area (Å²) in [7, 11) is -3.84. The Bertz CT molecular complexity index is 945. The van der Waals surface area contributed by atoms with Crippen LogP contribution in [0.25, 0.3) is 0 Å². The van der Waals surface area contributed by atoms with Gasteiger partial charge in [-0.15, -0.1) is 0 Å². The molecule has 0 aliphatic carbocycles. The molecular weight excluding hydrogens is 386 g/mol. The van der Waals surface area contributed by atoms with Crippen LogP contribution in [0.15, 0.2) is 43.7 Å². The van der Waals surface area contributed by atoms with Gasteiger partial charge >= 0.3 is 0 Å². The number of benzene rings is 1. The van der Waals surface area contributed by atoms with Gasteiger partial charge in [0.25, 0.3) is 0 Å². The first-order valence-electron chi connectivity index (χ1n) is 8.54. The first-order chi connectivity index (χ1) is 12.9. The smallest absolute Gasteiger partial charge is 0.243 e. The van der Waals surface area contributed by atoms with Gasteiger partial charge in [0.2, 0.25) is 26.6 Å². The van der Waals surface area contributed by atoms with Crippen molar-refractivity contribution in [1.82, 2.24) is 10.4 Å². The lowest BCUT2D eigenvalue weighted by molar-refractivity contribution is 0.489. The summed E-state index contributed by atoms with van der Waals surface area (Å²) in [5, 5.41) is 3.68. The van der Waals surface area contributed by atoms with Gasteiger partial charge in [0.15, 0.2) is 5.11 Å². The number of thiocarbonyl (C=S) groups is 1. The van der Waals surface area contributed by atoms with Crippen molar-refractivity contribution in [2.24, 2.45) is 10.8 Å². The maximum Gasteiger partial charge on any atom is 0.243 e. The highest BCUT2D eigenvalue weighted by Gasteiger charge is 2.31. The lowest BCUT2D eigenvalue weighted by atomic mass is 10.1. The fourth-order valence-corrected chi connectivity index (χ4v) is 4.20. The fraction of sp³-hybridized carbons (Fsp3) is 0.353. The van der Waals surface area contributed by atoms with Crippen LogP contribution in [-0.2, 0) is 9.84 Å². The number of sulfone groups is 1. The highest BCUT2D eigenvalue weighted by molar-refractivity contribution is 7.91. The van der Waals surface area contributed by atoms with E-state index in [-0.39, 0.29) is 26.8 Å². The third kappa shape index (κ3) is 4.45. The molecule has 2 aromatic rings. The summed E-state index contributed by atoms with van der Waals surface area (Å²) in [6, 6.07) is 6.65. The van der Waals surface area contributed by atoms with Gasteiger partial charge < -0.3 is 15.1 Å². The lowest BCUT2D eigenvalue weighted by Gasteiger charge is -2.26. The van der Waals surface area contributed by atoms with Crippen LogP contribution in [0.2, 0.25) is 0 Å². The maximum absolute atomic E-state index is 13.2. The molecule has 0 amide bonds. The van der Waals surface area contributed by atoms with Crippen LogP contribution in [0.3, 0.4) is 0 Å². The molecule has 2 heterocycles. The van der Waals surface area contributed by atoms with E-state index in [1.807, 2.05) is 11.8 Å². The Labute approximate surface area is 163 Å². The van der Waals surface area contributed by atoms with Crippen LogP contribution >= 0.6 is 12.2 Å². The summed E-state index contributed by atoms with van der Waals surface area (Å²) in [6.07, 6.45) is 4.30. The number of piperidine rings is 1. The molecule has 0 bridgehead atoms. The van der Waals surface area contributed by atoms with E-state index < -0.39 is 9.84 Å². The molecule has 1 aromatic heterocycles. The molecule has 1 aromatic carbocycles. The minimum absolute atomic E-state index is 0.0124. The van der Waals surface area contributed by atoms with Gasteiger partial charge in [0, 0.05) is 13.1 Å². The van der Waals surface area contributed by atoms with Crippen molar-refractivity contribution in [3.63, 3.8) is 0 Å². The second-order valence-electron chi connectivity index (χ2n) is 6.26. The Balaban J connectivity index is 2.03. The SMILES string of the molecule is Cc1ccc(S(=O)(=O)c2nc(/C=N/NC(N)=S)oc2N2CCCCC2)cc1. The van der Waals surface area contributed by atoms with Gasteiger partial charge in [-0.05, 0) is 50.5 Å². The molecule has 27 heavy (non-hydrogen) atoms. The number of oxazole rings is 1. The first-order valence-corrected chi connectivity index (χ1v) is 10.4. The molecule has 0 saturated carbocycles. The largest absolute Gasteiger partial charge is 0.418 e. The van der Waals surface area contributed by atoms with Crippen LogP contribution in [0.4, 0.5) is 5.88 Å². The molecule has 1 aliphatic rings. The lowest BCUT2D eigenvalue weighted by Crippen LogP contribution is -2.30. The van der Waals surface area contributed by atoms with E-state index >= 15 is 0 Å². The second kappa shape index (κ2) is 8.05. The number of aromatic nitrogens is 1. The Kier molecular flexibility index (Phi) is 5.76. The number of anilines is 1. The number of hydrogen-bond donors (Lipinski definition) is 2. The van der Waals surface area contributed by atoms with E-state index in [9.17, 15) is 8.42 Å². The Morgan fingerprint density at radius 1 is 1.30 bits per heavy atom. The van der Waals surface area contributed by atoms with E-state index in [2.05, 4.69) is 27.7 Å². The zero-order chi connectivity index (χ0) is 19.4. The molecule has 3 rings (SSSR count). The van der Waals surface area contributed by atoms with Crippen molar-refractivity contribution in [2.75, 3.05) is 18.0 Å². The van der Waals surface area contributed by atoms with E-state index in [4.69, 9.17) is 10.2 Å². The highest BCUT2D eigenvalue weighted by atomic mass is 32.2. The Morgan fingerprint density at radius 2 is 1.96 bits per heavy atom. The van der Waals surface area contributed by atoms with E-state index in [1.54, 1.807) is 24.3 Å². The van der Waals surface area contributed by atoms with Crippen molar-refractivity contribution in [1.29, 1.82) is 0 Å². The normalized spacial score (nSPS) is 15.2. The summed E-state index contributed by atoms with van der Waals surface area (Å²) in [5.41, 5.74) is 8.69. The molecule has 3 N–H and O–H groups in total. The first kappa shape index (κ1) is 19.3. The van der Waals surface area contributed by atoms with Crippen molar-refractivity contribution < 1.29 is 12.8 Å². The minimum atomic E-state index is -3.84. The van der Waals surface area contributed by atoms with E-state index in [1.165, 1.54) is 6.21 Å². The molecule has 1 aliphatic heterocycles. The van der Waals surface area contributed by atoms with Gasteiger partial charge in [-0.25, -0.2) is 8.42 Å². The van der Waals surface area contributed by atoms with Crippen molar-refractivity contribution in [2.45, 2.75) is 36.1 Å². The molecule has 0 unspecified atom stereocenters. The third-order valence-electron chi connectivity index (χ3n) is 4.17. The average Bonchev–Trinajstić information content (AvgIpc) is 3.08. The summed E-state index contributed by atoms with van der Waals surface area (Å²) in [4.78, 5) is 6.27. The van der Waals surface area contributed by atoms with Crippen LogP contribution in [0.5, 0.6) is 0 Å². The quantitative estimate of drug-likeness (QED) is 0.439. The molecule has 10 heteroatoms. The molecule has 8 nitrogen and oxygen atoms in total. The van der Waals surface area contributed by atoms with Gasteiger partial charge in [0.05, 0.1) is 4.90 Å². The molecule has 1 fully saturated rings. The van der Waals surface area contributed by atoms with Crippen LogP contribution < -0.4 is 16.1 Å². The zero-order valence-corrected chi connectivity index (χ0v) is 16.5. The van der Waals surface area contributed by atoms with Gasteiger partial charge in [0.1, 0.15) is 6.21 Å². The zero-order valence-electron chi connectivity index (χ0n) is 14.9. The van der Waals surface area contributed by atoms with Crippen molar-refractivity contribution in [3.05, 3.63) is 35.7 Å². The molecule has 1 saturated heterocycles. The third-order valence-corrected chi connectivity index (χ3v) is 5.93. The van der Waals surface area contributed by atoms with Gasteiger partial charge in [-0.1, -0.05) is 17.7 Å². The van der Waals surface area contributed by atoms with Crippen LogP contribution in [-0.4, -0.2) is 37.8 Å². The monoisotopic (exact) mass is 407 g/mol. The number of nitrogens with two attached hydrogens (primary N) is 1. The molecular formula is C17H21N5O3S2. The number of hydrogen-bond acceptors (Lipinski definition) is 7. The topological polar surface area (TPSA) is 114 Å². The second-order valence-corrected chi connectivity index (χ2v) is 8.57. The average molecular weight is 408 g/mol. The summed E-state index contributed by atoms with van der Waals surface area (Å²) < 4.78 is 32.0. The summed E-state index contributed by atoms with van der Waals surface area (Å²) in [6.45, 7) is 3.33. The number of nitrogens with zero attached hydrogens (tertiary/aromatic N) is 3. The summed E-state index contributed by atoms with van der Waals surface area (Å²) in [5.74, 6) is 0.303. The molecule has 0 spiro atoms. The Hall–Kier alpha value is -2.46. The maximum atomic E-state index is 13.2. The van der Waals surface area contributed by atoms with Crippen molar-refractivity contribution >= 4 is 39.3 Å². The number of rotatable bonds is 5. The van der Waals surface area contributed by atoms with Gasteiger partial charge in [-0.2, -0.15) is 10.1 Å². The van der Waals surface area contributed by atoms with Gasteiger partial charge in [-0.3, -0.25) is 5.43 Å². The molecule has 144 valence electrons. The van der Waals surface area contributed by atoms with Crippen molar-refractivity contribution in [3.8, 4) is 0 Å². The standard InChI is InChI=1S/C17H21N5O3S2/c1-12-5-7-13(8-6-12)27(23,24)15-16(22-9-3-2-4-10-22)25-14(20-15)11-19-21-17(18)26/h5-8,11H,2-4,9-10H2,1H3,(H3,18,21,26)/b19-11+. The van der Waals surface area contributed by atoms with E-state index in [0.717, 1.165) is 24.8 Å². The predicted molar refractivity (Wildman–Crippen MR) is 107 cm³/mol. The van der Waals surface area contributed by atoms with E-state index in [0.29, 0.717) is 13.1 Å².